The van der Waals surface area contributed by atoms with Crippen molar-refractivity contribution in [3.63, 3.8) is 0 Å². The first-order chi connectivity index (χ1) is 5.59. The molecule has 2 unspecified atom stereocenters. The molecule has 12 heavy (non-hydrogen) atoms. The van der Waals surface area contributed by atoms with Gasteiger partial charge in [0.25, 0.3) is 0 Å². The molecule has 0 nitrogen and oxygen atoms in total. The third kappa shape index (κ3) is 1.37. The molecular formula is C11H19B. The predicted octanol–water partition coefficient (Wildman–Crippen LogP) is 2.59. The van der Waals surface area contributed by atoms with Crippen LogP contribution in [-0.2, 0) is 0 Å². The molecule has 0 bridgehead atoms. The molecule has 0 aliphatic heterocycles. The van der Waals surface area contributed by atoms with Crippen LogP contribution in [0.1, 0.15) is 27.2 Å². The summed E-state index contributed by atoms with van der Waals surface area (Å²) in [6.45, 7) is 11.0. The van der Waals surface area contributed by atoms with Gasteiger partial charge in [-0.15, -0.1) is 0 Å². The van der Waals surface area contributed by atoms with Crippen LogP contribution in [-0.4, -0.2) is 7.85 Å². The van der Waals surface area contributed by atoms with Crippen LogP contribution in [0, 0.1) is 11.8 Å². The van der Waals surface area contributed by atoms with Crippen molar-refractivity contribution in [3.8, 4) is 0 Å². The summed E-state index contributed by atoms with van der Waals surface area (Å²) in [5.41, 5.74) is 4.40. The standard InChI is InChI=1S/C11H19B/c1-7-8(2)10(4)11(5-6-12)9(7)3/h10-11H,3,5-6,12H2,1-2,4H3. The molecule has 0 aromatic carbocycles. The molecule has 0 fully saturated rings. The predicted molar refractivity (Wildman–Crippen MR) is 58.1 cm³/mol. The van der Waals surface area contributed by atoms with Gasteiger partial charge in [-0.05, 0) is 36.8 Å². The lowest BCUT2D eigenvalue weighted by molar-refractivity contribution is 0.484. The molecule has 1 heteroatoms. The van der Waals surface area contributed by atoms with Gasteiger partial charge in [0.05, 0.1) is 0 Å². The van der Waals surface area contributed by atoms with Gasteiger partial charge in [0.15, 0.2) is 0 Å². The van der Waals surface area contributed by atoms with Crippen molar-refractivity contribution >= 4 is 7.85 Å². The zero-order valence-electron chi connectivity index (χ0n) is 8.78. The van der Waals surface area contributed by atoms with Crippen molar-refractivity contribution in [2.24, 2.45) is 11.8 Å². The van der Waals surface area contributed by atoms with Gasteiger partial charge in [0.2, 0.25) is 0 Å². The monoisotopic (exact) mass is 162 g/mol. The van der Waals surface area contributed by atoms with E-state index in [1.807, 2.05) is 0 Å². The number of rotatable bonds is 2. The lowest BCUT2D eigenvalue weighted by atomic mass is 9.83. The molecule has 0 amide bonds. The summed E-state index contributed by atoms with van der Waals surface area (Å²) in [6.07, 6.45) is 2.57. The van der Waals surface area contributed by atoms with E-state index >= 15 is 0 Å². The van der Waals surface area contributed by atoms with Crippen molar-refractivity contribution in [1.29, 1.82) is 0 Å². The minimum absolute atomic E-state index is 0.731. The van der Waals surface area contributed by atoms with Gasteiger partial charge in [-0.25, -0.2) is 0 Å². The molecule has 1 rings (SSSR count). The Labute approximate surface area is 77.2 Å². The van der Waals surface area contributed by atoms with Gasteiger partial charge in [0, 0.05) is 0 Å². The van der Waals surface area contributed by atoms with Crippen LogP contribution in [0.25, 0.3) is 0 Å². The third-order valence-corrected chi connectivity index (χ3v) is 3.41. The molecule has 0 aromatic rings. The smallest absolute Gasteiger partial charge is 0.0953 e. The Morgan fingerprint density at radius 1 is 1.42 bits per heavy atom. The second-order valence-corrected chi connectivity index (χ2v) is 4.02. The molecule has 0 aromatic heterocycles. The highest BCUT2D eigenvalue weighted by molar-refractivity contribution is 6.08. The van der Waals surface area contributed by atoms with E-state index in [0.29, 0.717) is 0 Å². The molecule has 0 radical (unpaired) electrons. The first-order valence-electron chi connectivity index (χ1n) is 4.96. The lowest BCUT2D eigenvalue weighted by Gasteiger charge is -2.17. The van der Waals surface area contributed by atoms with Crippen molar-refractivity contribution in [2.45, 2.75) is 33.5 Å². The Hall–Kier alpha value is -0.455. The van der Waals surface area contributed by atoms with Crippen LogP contribution in [0.4, 0.5) is 0 Å². The van der Waals surface area contributed by atoms with Crippen LogP contribution >= 0.6 is 0 Å². The Morgan fingerprint density at radius 2 is 2.00 bits per heavy atom. The van der Waals surface area contributed by atoms with E-state index in [4.69, 9.17) is 0 Å². The summed E-state index contributed by atoms with van der Waals surface area (Å²) in [4.78, 5) is 0. The van der Waals surface area contributed by atoms with Crippen LogP contribution in [0.15, 0.2) is 23.3 Å². The molecule has 66 valence electrons. The molecule has 0 saturated carbocycles. The molecule has 2 atom stereocenters. The van der Waals surface area contributed by atoms with Crippen molar-refractivity contribution in [2.75, 3.05) is 0 Å². The third-order valence-electron chi connectivity index (χ3n) is 3.41. The summed E-state index contributed by atoms with van der Waals surface area (Å²) in [5, 5.41) is 0. The van der Waals surface area contributed by atoms with E-state index in [1.54, 1.807) is 5.57 Å². The van der Waals surface area contributed by atoms with Crippen LogP contribution in [0.3, 0.4) is 0 Å². The normalized spacial score (nSPS) is 30.1. The highest BCUT2D eigenvalue weighted by Gasteiger charge is 2.29. The van der Waals surface area contributed by atoms with Crippen LogP contribution in [0.5, 0.6) is 0 Å². The molecule has 1 aliphatic rings. The van der Waals surface area contributed by atoms with E-state index in [-0.39, 0.29) is 0 Å². The average Bonchev–Trinajstić information content (AvgIpc) is 2.23. The quantitative estimate of drug-likeness (QED) is 0.547. The maximum Gasteiger partial charge on any atom is 0.101 e. The minimum Gasteiger partial charge on any atom is -0.0953 e. The summed E-state index contributed by atoms with van der Waals surface area (Å²) < 4.78 is 0. The van der Waals surface area contributed by atoms with Gasteiger partial charge in [0.1, 0.15) is 7.85 Å². The van der Waals surface area contributed by atoms with Crippen LogP contribution < -0.4 is 0 Å². The van der Waals surface area contributed by atoms with E-state index < -0.39 is 0 Å². The Kier molecular flexibility index (Phi) is 2.82. The highest BCUT2D eigenvalue weighted by atomic mass is 14.3. The van der Waals surface area contributed by atoms with E-state index in [0.717, 1.165) is 11.8 Å². The largest absolute Gasteiger partial charge is 0.101 e. The first kappa shape index (κ1) is 9.63. The molecule has 0 spiro atoms. The maximum absolute atomic E-state index is 4.18. The Bertz CT molecular complexity index is 225. The SMILES string of the molecule is BCCC1C(=C)C(C)=C(C)C1C. The first-order valence-corrected chi connectivity index (χ1v) is 4.96. The van der Waals surface area contributed by atoms with Crippen LogP contribution in [0.2, 0.25) is 6.32 Å². The number of hydrogen-bond acceptors (Lipinski definition) is 0. The number of allylic oxidation sites excluding steroid dienone is 3. The van der Waals surface area contributed by atoms with Gasteiger partial charge >= 0.3 is 0 Å². The fraction of sp³-hybridized carbons (Fsp3) is 0.636. The number of hydrogen-bond donors (Lipinski definition) is 0. The van der Waals surface area contributed by atoms with Crippen molar-refractivity contribution in [3.05, 3.63) is 23.3 Å². The van der Waals surface area contributed by atoms with Gasteiger partial charge in [-0.1, -0.05) is 31.8 Å². The fourth-order valence-corrected chi connectivity index (χ4v) is 2.21. The maximum atomic E-state index is 4.18. The second kappa shape index (κ2) is 3.51. The van der Waals surface area contributed by atoms with E-state index in [1.165, 1.54) is 23.9 Å². The van der Waals surface area contributed by atoms with E-state index in [2.05, 4.69) is 35.2 Å². The van der Waals surface area contributed by atoms with Gasteiger partial charge in [-0.2, -0.15) is 0 Å². The van der Waals surface area contributed by atoms with Gasteiger partial charge in [-0.3, -0.25) is 0 Å². The summed E-state index contributed by atoms with van der Waals surface area (Å²) in [5.74, 6) is 1.47. The molecule has 1 aliphatic carbocycles. The minimum atomic E-state index is 0.731. The Balaban J connectivity index is 2.80. The molecule has 0 N–H and O–H groups in total. The molecular weight excluding hydrogens is 143 g/mol. The Morgan fingerprint density at radius 3 is 2.33 bits per heavy atom. The summed E-state index contributed by atoms with van der Waals surface area (Å²) in [7, 11) is 2.25. The van der Waals surface area contributed by atoms with E-state index in [9.17, 15) is 0 Å². The fourth-order valence-electron chi connectivity index (χ4n) is 2.21. The average molecular weight is 162 g/mol. The van der Waals surface area contributed by atoms with Crippen molar-refractivity contribution < 1.29 is 0 Å². The van der Waals surface area contributed by atoms with Gasteiger partial charge < -0.3 is 0 Å². The summed E-state index contributed by atoms with van der Waals surface area (Å²) >= 11 is 0. The van der Waals surface area contributed by atoms with Crippen molar-refractivity contribution in [1.82, 2.24) is 0 Å². The second-order valence-electron chi connectivity index (χ2n) is 4.02. The molecule has 0 saturated heterocycles. The molecule has 0 heterocycles. The topological polar surface area (TPSA) is 0 Å². The zero-order chi connectivity index (χ0) is 9.30. The zero-order valence-corrected chi connectivity index (χ0v) is 8.78. The summed E-state index contributed by atoms with van der Waals surface area (Å²) in [6, 6.07) is 0. The lowest BCUT2D eigenvalue weighted by Crippen LogP contribution is -2.07. The highest BCUT2D eigenvalue weighted by Crippen LogP contribution is 2.42.